The highest BCUT2D eigenvalue weighted by Crippen LogP contribution is 2.20. The van der Waals surface area contributed by atoms with Crippen molar-refractivity contribution in [2.45, 2.75) is 25.3 Å². The molecule has 0 aliphatic heterocycles. The van der Waals surface area contributed by atoms with Crippen LogP contribution in [0, 0.1) is 0 Å². The number of benzene rings is 1. The average Bonchev–Trinajstić information content (AvgIpc) is 2.43. The van der Waals surface area contributed by atoms with Crippen LogP contribution < -0.4 is 10.6 Å². The number of carbonyl (C=O) groups is 1. The Morgan fingerprint density at radius 1 is 1.35 bits per heavy atom. The molecule has 1 aliphatic carbocycles. The molecule has 1 amide bonds. The summed E-state index contributed by atoms with van der Waals surface area (Å²) in [4.78, 5) is 11.8. The molecule has 0 saturated carbocycles. The van der Waals surface area contributed by atoms with Crippen LogP contribution >= 0.6 is 12.4 Å². The smallest absolute Gasteiger partial charge is 0.234 e. The molecule has 20 heavy (non-hydrogen) atoms. The van der Waals surface area contributed by atoms with Crippen LogP contribution in [0.25, 0.3) is 0 Å². The number of ether oxygens (including phenoxy) is 1. The van der Waals surface area contributed by atoms with Crippen molar-refractivity contribution in [3.05, 3.63) is 35.4 Å². The van der Waals surface area contributed by atoms with Crippen molar-refractivity contribution in [2.75, 3.05) is 26.8 Å². The third-order valence-corrected chi connectivity index (χ3v) is 3.48. The lowest BCUT2D eigenvalue weighted by molar-refractivity contribution is -0.121. The van der Waals surface area contributed by atoms with Gasteiger partial charge in [-0.1, -0.05) is 24.3 Å². The van der Waals surface area contributed by atoms with Crippen LogP contribution in [0.2, 0.25) is 0 Å². The van der Waals surface area contributed by atoms with Crippen molar-refractivity contribution in [2.24, 2.45) is 0 Å². The molecule has 0 bridgehead atoms. The lowest BCUT2D eigenvalue weighted by Crippen LogP contribution is -2.43. The highest BCUT2D eigenvalue weighted by Gasteiger charge is 2.19. The van der Waals surface area contributed by atoms with Crippen LogP contribution in [0.15, 0.2) is 24.3 Å². The summed E-state index contributed by atoms with van der Waals surface area (Å²) in [6, 6.07) is 8.75. The second-order valence-corrected chi connectivity index (χ2v) is 4.95. The minimum absolute atomic E-state index is 0. The fraction of sp³-hybridized carbons (Fsp3) is 0.533. The molecule has 0 fully saturated rings. The first-order chi connectivity index (χ1) is 9.29. The van der Waals surface area contributed by atoms with Gasteiger partial charge in [0.1, 0.15) is 0 Å². The standard InChI is InChI=1S/C15H22N2O2.ClH/c1-19-9-8-16-11-15(18)17-14-7-6-12-4-2-3-5-13(12)10-14;/h2-5,14,16H,6-11H2,1H3,(H,17,18);1H. The average molecular weight is 299 g/mol. The highest BCUT2D eigenvalue weighted by molar-refractivity contribution is 5.85. The summed E-state index contributed by atoms with van der Waals surface area (Å²) in [5.74, 6) is 0.0699. The predicted octanol–water partition coefficient (Wildman–Crippen LogP) is 1.32. The number of amides is 1. The number of hydrogen-bond acceptors (Lipinski definition) is 3. The van der Waals surface area contributed by atoms with E-state index in [0.29, 0.717) is 19.7 Å². The molecule has 4 nitrogen and oxygen atoms in total. The quantitative estimate of drug-likeness (QED) is 0.779. The molecule has 0 saturated heterocycles. The molecule has 0 spiro atoms. The van der Waals surface area contributed by atoms with E-state index in [9.17, 15) is 4.79 Å². The zero-order valence-electron chi connectivity index (χ0n) is 11.9. The Kier molecular flexibility index (Phi) is 7.59. The van der Waals surface area contributed by atoms with Gasteiger partial charge in [-0.3, -0.25) is 4.79 Å². The number of hydrogen-bond donors (Lipinski definition) is 2. The van der Waals surface area contributed by atoms with Crippen LogP contribution in [0.1, 0.15) is 17.5 Å². The van der Waals surface area contributed by atoms with Gasteiger partial charge in [-0.25, -0.2) is 0 Å². The van der Waals surface area contributed by atoms with Gasteiger partial charge in [0.25, 0.3) is 0 Å². The molecule has 0 radical (unpaired) electrons. The molecular weight excluding hydrogens is 276 g/mol. The number of carbonyl (C=O) groups excluding carboxylic acids is 1. The van der Waals surface area contributed by atoms with Gasteiger partial charge in [0.15, 0.2) is 0 Å². The van der Waals surface area contributed by atoms with Gasteiger partial charge in [-0.2, -0.15) is 0 Å². The molecule has 2 N–H and O–H groups in total. The van der Waals surface area contributed by atoms with Crippen LogP contribution in [-0.4, -0.2) is 38.8 Å². The number of methoxy groups -OCH3 is 1. The number of halogens is 1. The maximum Gasteiger partial charge on any atom is 0.234 e. The second-order valence-electron chi connectivity index (χ2n) is 4.95. The molecule has 2 rings (SSSR count). The van der Waals surface area contributed by atoms with Crippen molar-refractivity contribution in [3.63, 3.8) is 0 Å². The summed E-state index contributed by atoms with van der Waals surface area (Å²) in [6.07, 6.45) is 3.03. The molecule has 1 aromatic carbocycles. The monoisotopic (exact) mass is 298 g/mol. The van der Waals surface area contributed by atoms with E-state index in [0.717, 1.165) is 19.3 Å². The van der Waals surface area contributed by atoms with E-state index in [4.69, 9.17) is 4.74 Å². The molecule has 0 heterocycles. The maximum absolute atomic E-state index is 11.8. The van der Waals surface area contributed by atoms with Crippen molar-refractivity contribution in [1.29, 1.82) is 0 Å². The lowest BCUT2D eigenvalue weighted by Gasteiger charge is -2.25. The predicted molar refractivity (Wildman–Crippen MR) is 82.4 cm³/mol. The van der Waals surface area contributed by atoms with Crippen LogP contribution in [0.4, 0.5) is 0 Å². The Balaban J connectivity index is 0.00000200. The normalized spacial score (nSPS) is 16.9. The van der Waals surface area contributed by atoms with E-state index < -0.39 is 0 Å². The van der Waals surface area contributed by atoms with Gasteiger partial charge < -0.3 is 15.4 Å². The topological polar surface area (TPSA) is 50.4 Å². The van der Waals surface area contributed by atoms with E-state index in [1.54, 1.807) is 7.11 Å². The molecular formula is C15H23ClN2O2. The second kappa shape index (κ2) is 8.95. The number of aryl methyl sites for hydroxylation is 1. The molecule has 112 valence electrons. The summed E-state index contributed by atoms with van der Waals surface area (Å²) in [6.45, 7) is 1.70. The van der Waals surface area contributed by atoms with Crippen molar-refractivity contribution >= 4 is 18.3 Å². The first-order valence-corrected chi connectivity index (χ1v) is 6.85. The van der Waals surface area contributed by atoms with Crippen molar-refractivity contribution in [3.8, 4) is 0 Å². The SMILES string of the molecule is COCCNCC(=O)NC1CCc2ccccc2C1.Cl. The summed E-state index contributed by atoms with van der Waals surface area (Å²) in [5.41, 5.74) is 2.79. The highest BCUT2D eigenvalue weighted by atomic mass is 35.5. The largest absolute Gasteiger partial charge is 0.383 e. The Labute approximate surface area is 126 Å². The number of fused-ring (bicyclic) bond motifs is 1. The Hall–Kier alpha value is -1.10. The van der Waals surface area contributed by atoms with Crippen LogP contribution in [0.5, 0.6) is 0 Å². The fourth-order valence-electron chi connectivity index (χ4n) is 2.48. The third-order valence-electron chi connectivity index (χ3n) is 3.48. The first kappa shape index (κ1) is 17.0. The molecule has 1 aromatic rings. The van der Waals surface area contributed by atoms with Crippen LogP contribution in [0.3, 0.4) is 0 Å². The van der Waals surface area contributed by atoms with E-state index in [-0.39, 0.29) is 24.4 Å². The molecule has 1 unspecified atom stereocenters. The summed E-state index contributed by atoms with van der Waals surface area (Å²) >= 11 is 0. The third kappa shape index (κ3) is 5.12. The zero-order chi connectivity index (χ0) is 13.5. The number of nitrogens with one attached hydrogen (secondary N) is 2. The number of rotatable bonds is 6. The van der Waals surface area contributed by atoms with Gasteiger partial charge in [-0.15, -0.1) is 12.4 Å². The van der Waals surface area contributed by atoms with Gasteiger partial charge >= 0.3 is 0 Å². The fourth-order valence-corrected chi connectivity index (χ4v) is 2.48. The minimum atomic E-state index is 0. The van der Waals surface area contributed by atoms with Gasteiger partial charge in [0.05, 0.1) is 13.2 Å². The molecule has 5 heteroatoms. The van der Waals surface area contributed by atoms with Crippen molar-refractivity contribution in [1.82, 2.24) is 10.6 Å². The Morgan fingerprint density at radius 3 is 2.85 bits per heavy atom. The molecule has 1 atom stereocenters. The maximum atomic E-state index is 11.8. The van der Waals surface area contributed by atoms with E-state index >= 15 is 0 Å². The van der Waals surface area contributed by atoms with E-state index in [1.807, 2.05) is 0 Å². The molecule has 0 aromatic heterocycles. The van der Waals surface area contributed by atoms with E-state index in [2.05, 4.69) is 34.9 Å². The summed E-state index contributed by atoms with van der Waals surface area (Å²) in [7, 11) is 1.65. The minimum Gasteiger partial charge on any atom is -0.383 e. The van der Waals surface area contributed by atoms with Gasteiger partial charge in [0, 0.05) is 19.7 Å². The Bertz CT molecular complexity index is 426. The molecule has 1 aliphatic rings. The summed E-state index contributed by atoms with van der Waals surface area (Å²) in [5, 5.41) is 6.15. The first-order valence-electron chi connectivity index (χ1n) is 6.85. The lowest BCUT2D eigenvalue weighted by atomic mass is 9.88. The zero-order valence-corrected chi connectivity index (χ0v) is 12.7. The summed E-state index contributed by atoms with van der Waals surface area (Å²) < 4.78 is 4.92. The van der Waals surface area contributed by atoms with Crippen LogP contribution in [-0.2, 0) is 22.4 Å². The van der Waals surface area contributed by atoms with Gasteiger partial charge in [0.2, 0.25) is 5.91 Å². The van der Waals surface area contributed by atoms with E-state index in [1.165, 1.54) is 11.1 Å². The van der Waals surface area contributed by atoms with Gasteiger partial charge in [-0.05, 0) is 30.4 Å². The Morgan fingerprint density at radius 2 is 2.10 bits per heavy atom. The van der Waals surface area contributed by atoms with Crippen molar-refractivity contribution < 1.29 is 9.53 Å².